The highest BCUT2D eigenvalue weighted by Gasteiger charge is 2.04. The first-order chi connectivity index (χ1) is 3.92. The van der Waals surface area contributed by atoms with E-state index in [4.69, 9.17) is 0 Å². The van der Waals surface area contributed by atoms with Crippen molar-refractivity contribution < 1.29 is 12.3 Å². The molecule has 0 saturated heterocycles. The fourth-order valence-electron chi connectivity index (χ4n) is 0.296. The molecule has 0 spiro atoms. The maximum atomic E-state index is 11.7. The molecule has 0 aromatic rings. The average molecular weight is 152 g/mol. The van der Waals surface area contributed by atoms with Crippen molar-refractivity contribution in [2.45, 2.75) is 13.3 Å². The Labute approximate surface area is 54.6 Å². The first-order valence-corrected chi connectivity index (χ1v) is 4.04. The molecule has 0 aliphatic rings. The van der Waals surface area contributed by atoms with Crippen LogP contribution >= 0.6 is 0 Å². The third kappa shape index (κ3) is 7.62. The summed E-state index contributed by atoms with van der Waals surface area (Å²) in [6, 6.07) is 0. The molecule has 0 saturated carbocycles. The lowest BCUT2D eigenvalue weighted by atomic mass is 10.3. The molecule has 4 heteroatoms. The van der Waals surface area contributed by atoms with Crippen LogP contribution in [0.25, 0.3) is 0 Å². The molecule has 54 valence electrons. The molecule has 0 bridgehead atoms. The van der Waals surface area contributed by atoms with Crippen molar-refractivity contribution in [2.75, 3.05) is 5.75 Å². The molecule has 0 N–H and O–H groups in total. The molecular formula is C5H9FO2S. The first kappa shape index (κ1) is 8.62. The zero-order valence-corrected chi connectivity index (χ0v) is 6.04. The number of rotatable bonds is 3. The molecule has 0 aromatic carbocycles. The van der Waals surface area contributed by atoms with Gasteiger partial charge >= 0.3 is 10.2 Å². The van der Waals surface area contributed by atoms with Crippen LogP contribution < -0.4 is 0 Å². The Morgan fingerprint density at radius 1 is 1.67 bits per heavy atom. The normalized spacial score (nSPS) is 11.3. The average Bonchev–Trinajstić information content (AvgIpc) is 1.59. The topological polar surface area (TPSA) is 34.1 Å². The van der Waals surface area contributed by atoms with Crippen molar-refractivity contribution in [2.24, 2.45) is 0 Å². The number of hydrogen-bond acceptors (Lipinski definition) is 2. The van der Waals surface area contributed by atoms with Gasteiger partial charge in [-0.2, -0.15) is 8.42 Å². The van der Waals surface area contributed by atoms with E-state index < -0.39 is 16.0 Å². The van der Waals surface area contributed by atoms with Crippen LogP contribution in [0.15, 0.2) is 12.2 Å². The fourth-order valence-corrected chi connectivity index (χ4v) is 0.888. The quantitative estimate of drug-likeness (QED) is 0.450. The van der Waals surface area contributed by atoms with Crippen LogP contribution in [0.2, 0.25) is 0 Å². The minimum Gasteiger partial charge on any atom is -0.195 e. The molecule has 0 rings (SSSR count). The van der Waals surface area contributed by atoms with E-state index in [1.807, 2.05) is 0 Å². The molecule has 0 aliphatic carbocycles. The third-order valence-electron chi connectivity index (χ3n) is 0.773. The molecule has 0 radical (unpaired) electrons. The van der Waals surface area contributed by atoms with Crippen LogP contribution in [0.5, 0.6) is 0 Å². The molecular weight excluding hydrogens is 143 g/mol. The van der Waals surface area contributed by atoms with Gasteiger partial charge in [0.25, 0.3) is 0 Å². The monoisotopic (exact) mass is 152 g/mol. The molecule has 0 fully saturated rings. The van der Waals surface area contributed by atoms with Gasteiger partial charge in [0, 0.05) is 0 Å². The predicted octanol–water partition coefficient (Wildman–Crippen LogP) is 1.25. The minimum atomic E-state index is -4.28. The lowest BCUT2D eigenvalue weighted by Crippen LogP contribution is -1.97. The molecule has 2 nitrogen and oxygen atoms in total. The zero-order chi connectivity index (χ0) is 7.49. The number of allylic oxidation sites excluding steroid dienone is 1. The minimum absolute atomic E-state index is 0.207. The summed E-state index contributed by atoms with van der Waals surface area (Å²) in [4.78, 5) is 0. The molecule has 9 heavy (non-hydrogen) atoms. The summed E-state index contributed by atoms with van der Waals surface area (Å²) in [5, 5.41) is 0. The largest absolute Gasteiger partial charge is 0.302 e. The first-order valence-electron chi connectivity index (χ1n) is 2.48. The smallest absolute Gasteiger partial charge is 0.195 e. The van der Waals surface area contributed by atoms with Crippen molar-refractivity contribution in [3.63, 3.8) is 0 Å². The van der Waals surface area contributed by atoms with E-state index in [1.165, 1.54) is 0 Å². The molecule has 0 unspecified atom stereocenters. The molecule has 0 atom stereocenters. The molecule has 0 aromatic heterocycles. The lowest BCUT2D eigenvalue weighted by molar-refractivity contribution is 0.551. The van der Waals surface area contributed by atoms with Gasteiger partial charge in [0.05, 0.1) is 5.75 Å². The van der Waals surface area contributed by atoms with Crippen LogP contribution in [0.1, 0.15) is 13.3 Å². The van der Waals surface area contributed by atoms with E-state index in [9.17, 15) is 12.3 Å². The highest BCUT2D eigenvalue weighted by atomic mass is 32.3. The highest BCUT2D eigenvalue weighted by Crippen LogP contribution is 2.00. The second kappa shape index (κ2) is 2.96. The Hall–Kier alpha value is -0.380. The van der Waals surface area contributed by atoms with Gasteiger partial charge < -0.3 is 0 Å². The molecule has 0 heterocycles. The van der Waals surface area contributed by atoms with Crippen molar-refractivity contribution in [1.29, 1.82) is 0 Å². The second-order valence-electron chi connectivity index (χ2n) is 1.95. The van der Waals surface area contributed by atoms with Gasteiger partial charge in [-0.05, 0) is 13.3 Å². The van der Waals surface area contributed by atoms with Crippen molar-refractivity contribution in [3.8, 4) is 0 Å². The van der Waals surface area contributed by atoms with Crippen LogP contribution in [0.3, 0.4) is 0 Å². The van der Waals surface area contributed by atoms with Gasteiger partial charge in [0.15, 0.2) is 0 Å². The predicted molar refractivity (Wildman–Crippen MR) is 34.3 cm³/mol. The van der Waals surface area contributed by atoms with Gasteiger partial charge in [0.2, 0.25) is 0 Å². The Morgan fingerprint density at radius 3 is 2.22 bits per heavy atom. The van der Waals surface area contributed by atoms with Gasteiger partial charge in [-0.15, -0.1) is 10.5 Å². The highest BCUT2D eigenvalue weighted by molar-refractivity contribution is 7.86. The SMILES string of the molecule is C=C(C)CCS(=O)(=O)F. The Morgan fingerprint density at radius 2 is 2.11 bits per heavy atom. The summed E-state index contributed by atoms with van der Waals surface area (Å²) < 4.78 is 31.3. The van der Waals surface area contributed by atoms with Crippen molar-refractivity contribution >= 4 is 10.2 Å². The maximum absolute atomic E-state index is 11.7. The van der Waals surface area contributed by atoms with E-state index in [-0.39, 0.29) is 6.42 Å². The van der Waals surface area contributed by atoms with Crippen LogP contribution in [0, 0.1) is 0 Å². The molecule has 0 amide bonds. The summed E-state index contributed by atoms with van der Waals surface area (Å²) in [5.74, 6) is -0.442. The fraction of sp³-hybridized carbons (Fsp3) is 0.600. The summed E-state index contributed by atoms with van der Waals surface area (Å²) >= 11 is 0. The Kier molecular flexibility index (Phi) is 2.84. The summed E-state index contributed by atoms with van der Waals surface area (Å²) in [6.07, 6.45) is 0.207. The van der Waals surface area contributed by atoms with Gasteiger partial charge in [0.1, 0.15) is 0 Å². The molecule has 0 aliphatic heterocycles. The third-order valence-corrected chi connectivity index (χ3v) is 1.46. The zero-order valence-electron chi connectivity index (χ0n) is 5.22. The maximum Gasteiger partial charge on any atom is 0.302 e. The lowest BCUT2D eigenvalue weighted by Gasteiger charge is -1.92. The van der Waals surface area contributed by atoms with E-state index in [1.54, 1.807) is 6.92 Å². The second-order valence-corrected chi connectivity index (χ2v) is 3.44. The van der Waals surface area contributed by atoms with E-state index in [2.05, 4.69) is 6.58 Å². The summed E-state index contributed by atoms with van der Waals surface area (Å²) in [6.45, 7) is 5.08. The van der Waals surface area contributed by atoms with Crippen molar-refractivity contribution in [3.05, 3.63) is 12.2 Å². The van der Waals surface area contributed by atoms with Gasteiger partial charge in [-0.3, -0.25) is 0 Å². The number of halogens is 1. The van der Waals surface area contributed by atoms with Gasteiger partial charge in [-0.1, -0.05) is 5.57 Å². The van der Waals surface area contributed by atoms with E-state index in [0.29, 0.717) is 5.57 Å². The van der Waals surface area contributed by atoms with Crippen LogP contribution in [-0.4, -0.2) is 14.2 Å². The van der Waals surface area contributed by atoms with Crippen LogP contribution in [-0.2, 0) is 10.2 Å². The summed E-state index contributed by atoms with van der Waals surface area (Å²) in [5.41, 5.74) is 0.677. The van der Waals surface area contributed by atoms with E-state index >= 15 is 0 Å². The van der Waals surface area contributed by atoms with E-state index in [0.717, 1.165) is 0 Å². The summed E-state index contributed by atoms with van der Waals surface area (Å²) in [7, 11) is -4.28. The number of hydrogen-bond donors (Lipinski definition) is 0. The van der Waals surface area contributed by atoms with Crippen LogP contribution in [0.4, 0.5) is 3.89 Å². The Balaban J connectivity index is 3.67. The standard InChI is InChI=1S/C5H9FO2S/c1-5(2)3-4-9(6,7)8/h1,3-4H2,2H3. The van der Waals surface area contributed by atoms with Crippen molar-refractivity contribution in [1.82, 2.24) is 0 Å². The van der Waals surface area contributed by atoms with Gasteiger partial charge in [-0.25, -0.2) is 0 Å². The Bertz CT molecular complexity index is 193.